The molecular formula is C20H33IN4O2S. The van der Waals surface area contributed by atoms with Gasteiger partial charge in [-0.05, 0) is 48.8 Å². The molecule has 1 aromatic rings. The van der Waals surface area contributed by atoms with Crippen LogP contribution in [0.15, 0.2) is 34.2 Å². The normalized spacial score (nSPS) is 24.1. The molecule has 3 rings (SSSR count). The predicted octanol–water partition coefficient (Wildman–Crippen LogP) is 3.14. The number of benzene rings is 1. The van der Waals surface area contributed by atoms with Crippen LogP contribution in [-0.2, 0) is 16.6 Å². The number of rotatable bonds is 4. The second kappa shape index (κ2) is 10.2. The Balaban J connectivity index is 0.00000280. The molecule has 2 aliphatic rings. The summed E-state index contributed by atoms with van der Waals surface area (Å²) in [6, 6.07) is 7.23. The van der Waals surface area contributed by atoms with Gasteiger partial charge in [-0.25, -0.2) is 8.42 Å². The van der Waals surface area contributed by atoms with Crippen molar-refractivity contribution < 1.29 is 8.42 Å². The van der Waals surface area contributed by atoms with E-state index >= 15 is 0 Å². The van der Waals surface area contributed by atoms with Crippen molar-refractivity contribution in [2.75, 3.05) is 33.2 Å². The highest BCUT2D eigenvalue weighted by Crippen LogP contribution is 2.22. The first-order chi connectivity index (χ1) is 12.9. The van der Waals surface area contributed by atoms with Crippen LogP contribution in [0.1, 0.15) is 38.7 Å². The number of guanidine groups is 1. The van der Waals surface area contributed by atoms with Gasteiger partial charge in [0.05, 0.1) is 4.90 Å². The first-order valence-electron chi connectivity index (χ1n) is 9.95. The third kappa shape index (κ3) is 5.60. The van der Waals surface area contributed by atoms with E-state index in [0.717, 1.165) is 37.5 Å². The van der Waals surface area contributed by atoms with Crippen molar-refractivity contribution in [1.82, 2.24) is 14.5 Å². The molecule has 2 aliphatic heterocycles. The molecule has 0 amide bonds. The quantitative estimate of drug-likeness (QED) is 0.377. The number of nitrogens with one attached hydrogen (secondary N) is 1. The number of sulfonamides is 1. The van der Waals surface area contributed by atoms with Crippen LogP contribution in [0, 0.1) is 11.8 Å². The van der Waals surface area contributed by atoms with Gasteiger partial charge < -0.3 is 10.2 Å². The first-order valence-corrected chi connectivity index (χ1v) is 11.4. The van der Waals surface area contributed by atoms with Gasteiger partial charge in [-0.1, -0.05) is 26.0 Å². The smallest absolute Gasteiger partial charge is 0.243 e. The molecule has 2 saturated heterocycles. The van der Waals surface area contributed by atoms with Crippen LogP contribution in [0.25, 0.3) is 0 Å². The minimum Gasteiger partial charge on any atom is -0.352 e. The lowest BCUT2D eigenvalue weighted by atomic mass is 9.92. The second-order valence-electron chi connectivity index (χ2n) is 8.01. The largest absolute Gasteiger partial charge is 0.352 e. The third-order valence-corrected chi connectivity index (χ3v) is 7.37. The zero-order valence-electron chi connectivity index (χ0n) is 17.1. The monoisotopic (exact) mass is 520 g/mol. The summed E-state index contributed by atoms with van der Waals surface area (Å²) in [5.41, 5.74) is 1.05. The number of hydrogen-bond donors (Lipinski definition) is 1. The van der Waals surface area contributed by atoms with Crippen molar-refractivity contribution in [3.05, 3.63) is 29.8 Å². The van der Waals surface area contributed by atoms with Crippen molar-refractivity contribution in [3.8, 4) is 0 Å². The molecule has 8 heteroatoms. The van der Waals surface area contributed by atoms with E-state index in [9.17, 15) is 8.42 Å². The number of halogens is 1. The van der Waals surface area contributed by atoms with Crippen LogP contribution in [-0.4, -0.2) is 56.8 Å². The summed E-state index contributed by atoms with van der Waals surface area (Å²) in [5, 5.41) is 3.43. The van der Waals surface area contributed by atoms with Crippen molar-refractivity contribution >= 4 is 40.0 Å². The zero-order chi connectivity index (χ0) is 19.4. The van der Waals surface area contributed by atoms with E-state index < -0.39 is 10.0 Å². The maximum absolute atomic E-state index is 12.6. The number of likely N-dealkylation sites (tertiary alicyclic amines) is 1. The van der Waals surface area contributed by atoms with Crippen LogP contribution in [0.4, 0.5) is 0 Å². The topological polar surface area (TPSA) is 65.0 Å². The lowest BCUT2D eigenvalue weighted by molar-refractivity contribution is 0.208. The molecule has 158 valence electrons. The summed E-state index contributed by atoms with van der Waals surface area (Å²) in [6.07, 6.45) is 3.17. The van der Waals surface area contributed by atoms with E-state index in [1.54, 1.807) is 16.4 Å². The summed E-state index contributed by atoms with van der Waals surface area (Å²) in [4.78, 5) is 7.14. The van der Waals surface area contributed by atoms with Crippen LogP contribution in [0.5, 0.6) is 0 Å². The Morgan fingerprint density at radius 1 is 1.11 bits per heavy atom. The molecule has 2 heterocycles. The van der Waals surface area contributed by atoms with Crippen LogP contribution in [0.3, 0.4) is 0 Å². The molecule has 0 radical (unpaired) electrons. The Morgan fingerprint density at radius 3 is 2.21 bits per heavy atom. The van der Waals surface area contributed by atoms with E-state index in [4.69, 9.17) is 0 Å². The summed E-state index contributed by atoms with van der Waals surface area (Å²) in [5.74, 6) is 2.26. The molecule has 2 atom stereocenters. The summed E-state index contributed by atoms with van der Waals surface area (Å²) < 4.78 is 26.8. The number of piperidine rings is 1. The molecular weight excluding hydrogens is 487 g/mol. The highest BCUT2D eigenvalue weighted by Gasteiger charge is 2.27. The third-order valence-electron chi connectivity index (χ3n) is 5.46. The first kappa shape index (κ1) is 23.4. The molecule has 2 fully saturated rings. The Bertz CT molecular complexity index is 751. The van der Waals surface area contributed by atoms with Gasteiger partial charge in [-0.3, -0.25) is 4.99 Å². The Hall–Kier alpha value is -0.870. The van der Waals surface area contributed by atoms with Gasteiger partial charge in [0.25, 0.3) is 0 Å². The zero-order valence-corrected chi connectivity index (χ0v) is 20.2. The molecule has 2 unspecified atom stereocenters. The van der Waals surface area contributed by atoms with E-state index in [0.29, 0.717) is 36.4 Å². The average Bonchev–Trinajstić information content (AvgIpc) is 3.17. The molecule has 0 aromatic heterocycles. The van der Waals surface area contributed by atoms with E-state index in [1.807, 2.05) is 19.2 Å². The van der Waals surface area contributed by atoms with Crippen molar-refractivity contribution in [1.29, 1.82) is 0 Å². The summed E-state index contributed by atoms with van der Waals surface area (Å²) in [7, 11) is -1.52. The molecule has 28 heavy (non-hydrogen) atoms. The Morgan fingerprint density at radius 2 is 1.68 bits per heavy atom. The minimum atomic E-state index is -3.34. The van der Waals surface area contributed by atoms with Gasteiger partial charge in [-0.15, -0.1) is 24.0 Å². The van der Waals surface area contributed by atoms with Gasteiger partial charge in [0.15, 0.2) is 5.96 Å². The van der Waals surface area contributed by atoms with Crippen molar-refractivity contribution in [3.63, 3.8) is 0 Å². The molecule has 0 spiro atoms. The maximum atomic E-state index is 12.6. The average molecular weight is 520 g/mol. The number of nitrogens with zero attached hydrogens (tertiary/aromatic N) is 3. The molecule has 0 saturated carbocycles. The second-order valence-corrected chi connectivity index (χ2v) is 9.94. The predicted molar refractivity (Wildman–Crippen MR) is 125 cm³/mol. The summed E-state index contributed by atoms with van der Waals surface area (Å²) >= 11 is 0. The molecule has 0 bridgehead atoms. The van der Waals surface area contributed by atoms with Crippen LogP contribution < -0.4 is 5.32 Å². The Kier molecular flexibility index (Phi) is 8.57. The fraction of sp³-hybridized carbons (Fsp3) is 0.650. The fourth-order valence-electron chi connectivity index (χ4n) is 4.21. The van der Waals surface area contributed by atoms with Gasteiger partial charge in [0, 0.05) is 39.8 Å². The highest BCUT2D eigenvalue weighted by atomic mass is 127. The highest BCUT2D eigenvalue weighted by molar-refractivity contribution is 14.0. The number of aliphatic imine (C=N–C) groups is 1. The van der Waals surface area contributed by atoms with Gasteiger partial charge >= 0.3 is 0 Å². The van der Waals surface area contributed by atoms with Gasteiger partial charge in [-0.2, -0.15) is 4.31 Å². The van der Waals surface area contributed by atoms with Gasteiger partial charge in [0.2, 0.25) is 10.0 Å². The van der Waals surface area contributed by atoms with E-state index in [1.165, 1.54) is 6.42 Å². The molecule has 1 aromatic carbocycles. The lowest BCUT2D eigenvalue weighted by Crippen LogP contribution is -2.48. The maximum Gasteiger partial charge on any atom is 0.243 e. The van der Waals surface area contributed by atoms with Crippen LogP contribution >= 0.6 is 24.0 Å². The lowest BCUT2D eigenvalue weighted by Gasteiger charge is -2.37. The minimum absolute atomic E-state index is 0. The van der Waals surface area contributed by atoms with Crippen LogP contribution in [0.2, 0.25) is 0 Å². The SMILES string of the molecule is CN=C(NCc1ccc(S(=O)(=O)N2CCCC2)cc1)N1CC(C)CC(C)C1.I. The van der Waals surface area contributed by atoms with E-state index in [2.05, 4.69) is 29.1 Å². The standard InChI is InChI=1S/C20H32N4O2S.HI/c1-16-12-17(2)15-23(14-16)20(21-3)22-13-18-6-8-19(9-7-18)27(25,26)24-10-4-5-11-24;/h6-9,16-17H,4-5,10-15H2,1-3H3,(H,21,22);1H. The van der Waals surface area contributed by atoms with Gasteiger partial charge in [0.1, 0.15) is 0 Å². The van der Waals surface area contributed by atoms with E-state index in [-0.39, 0.29) is 24.0 Å². The molecule has 0 aliphatic carbocycles. The van der Waals surface area contributed by atoms with Crippen molar-refractivity contribution in [2.24, 2.45) is 16.8 Å². The number of hydrogen-bond acceptors (Lipinski definition) is 3. The molecule has 6 nitrogen and oxygen atoms in total. The molecule has 1 N–H and O–H groups in total. The Labute approximate surface area is 186 Å². The fourth-order valence-corrected chi connectivity index (χ4v) is 5.72. The summed E-state index contributed by atoms with van der Waals surface area (Å²) in [6.45, 7) is 8.53. The van der Waals surface area contributed by atoms with Crippen molar-refractivity contribution in [2.45, 2.75) is 44.6 Å².